The highest BCUT2D eigenvalue weighted by Gasteiger charge is 2.29. The van der Waals surface area contributed by atoms with Gasteiger partial charge in [-0.25, -0.2) is 13.6 Å². The van der Waals surface area contributed by atoms with E-state index in [0.29, 0.717) is 0 Å². The van der Waals surface area contributed by atoms with Gasteiger partial charge >= 0.3 is 6.18 Å². The average molecular weight is 351 g/mol. The van der Waals surface area contributed by atoms with Gasteiger partial charge < -0.3 is 5.32 Å². The van der Waals surface area contributed by atoms with Gasteiger partial charge in [-0.2, -0.15) is 13.2 Å². The van der Waals surface area contributed by atoms with Crippen LogP contribution >= 0.6 is 23.2 Å². The van der Waals surface area contributed by atoms with Crippen LogP contribution in [-0.4, -0.2) is 27.0 Å². The van der Waals surface area contributed by atoms with Crippen molar-refractivity contribution in [3.05, 3.63) is 27.7 Å². The number of nitrogens with one attached hydrogen (secondary N) is 1. The molecule has 0 radical (unpaired) electrons. The molecule has 0 fully saturated rings. The number of halogens is 5. The third-order valence-electron chi connectivity index (χ3n) is 2.02. The van der Waals surface area contributed by atoms with E-state index in [1.165, 1.54) is 0 Å². The quantitative estimate of drug-likeness (QED) is 0.872. The second-order valence-electron chi connectivity index (χ2n) is 3.61. The summed E-state index contributed by atoms with van der Waals surface area (Å²) >= 11 is 11.3. The minimum atomic E-state index is -4.62. The predicted molar refractivity (Wildman–Crippen MR) is 66.2 cm³/mol. The van der Waals surface area contributed by atoms with Gasteiger partial charge in [-0.05, 0) is 12.1 Å². The molecule has 0 aliphatic rings. The lowest BCUT2D eigenvalue weighted by molar-refractivity contribution is -0.123. The highest BCUT2D eigenvalue weighted by molar-refractivity contribution is 7.89. The molecule has 0 atom stereocenters. The average Bonchev–Trinajstić information content (AvgIpc) is 2.27. The Morgan fingerprint density at radius 2 is 1.85 bits per heavy atom. The van der Waals surface area contributed by atoms with E-state index < -0.39 is 39.1 Å². The highest BCUT2D eigenvalue weighted by atomic mass is 35.5. The Morgan fingerprint density at radius 3 is 2.30 bits per heavy atom. The number of amides is 1. The molecule has 0 heterocycles. The van der Waals surface area contributed by atoms with Gasteiger partial charge in [0.05, 0.1) is 20.5 Å². The Bertz CT molecular complexity index is 647. The Morgan fingerprint density at radius 1 is 1.30 bits per heavy atom. The number of carbonyl (C=O) groups excluding carboxylic acids is 1. The summed E-state index contributed by atoms with van der Waals surface area (Å²) in [6, 6.07) is 1.63. The third kappa shape index (κ3) is 4.51. The van der Waals surface area contributed by atoms with Crippen molar-refractivity contribution < 1.29 is 26.4 Å². The minimum Gasteiger partial charge on any atom is -0.343 e. The van der Waals surface area contributed by atoms with Crippen molar-refractivity contribution in [3.63, 3.8) is 0 Å². The first-order valence-electron chi connectivity index (χ1n) is 4.78. The maximum atomic E-state index is 12.0. The van der Waals surface area contributed by atoms with E-state index in [1.807, 2.05) is 0 Å². The molecule has 0 saturated heterocycles. The molecule has 0 aromatic heterocycles. The number of rotatable bonds is 3. The van der Waals surface area contributed by atoms with Gasteiger partial charge in [0.2, 0.25) is 10.0 Å². The zero-order valence-corrected chi connectivity index (χ0v) is 11.8. The fraction of sp³-hybridized carbons (Fsp3) is 0.222. The maximum absolute atomic E-state index is 12.0. The number of benzene rings is 1. The monoisotopic (exact) mass is 350 g/mol. The summed E-state index contributed by atoms with van der Waals surface area (Å²) in [5.74, 6) is -1.22. The molecule has 5 nitrogen and oxygen atoms in total. The van der Waals surface area contributed by atoms with Crippen LogP contribution in [0.5, 0.6) is 0 Å². The van der Waals surface area contributed by atoms with E-state index in [-0.39, 0.29) is 10.0 Å². The lowest BCUT2D eigenvalue weighted by Gasteiger charge is -2.11. The van der Waals surface area contributed by atoms with E-state index in [0.717, 1.165) is 12.1 Å². The van der Waals surface area contributed by atoms with Gasteiger partial charge in [-0.3, -0.25) is 4.79 Å². The van der Waals surface area contributed by atoms with Gasteiger partial charge in [0, 0.05) is 0 Å². The van der Waals surface area contributed by atoms with Crippen LogP contribution in [0.3, 0.4) is 0 Å². The van der Waals surface area contributed by atoms with Crippen LogP contribution < -0.4 is 10.5 Å². The molecule has 0 aliphatic carbocycles. The summed E-state index contributed by atoms with van der Waals surface area (Å²) in [6.07, 6.45) is -4.62. The molecule has 112 valence electrons. The molecular weight excluding hydrogens is 344 g/mol. The number of primary sulfonamides is 1. The summed E-state index contributed by atoms with van der Waals surface area (Å²) in [7, 11) is -4.19. The van der Waals surface area contributed by atoms with Crippen LogP contribution in [0, 0.1) is 0 Å². The number of carbonyl (C=O) groups is 1. The van der Waals surface area contributed by atoms with Crippen molar-refractivity contribution in [1.29, 1.82) is 0 Å². The summed E-state index contributed by atoms with van der Waals surface area (Å²) in [5, 5.41) is 5.69. The Balaban J connectivity index is 3.18. The zero-order valence-electron chi connectivity index (χ0n) is 9.46. The normalized spacial score (nSPS) is 12.3. The smallest absolute Gasteiger partial charge is 0.343 e. The minimum absolute atomic E-state index is 0.324. The number of hydrogen-bond donors (Lipinski definition) is 2. The number of nitrogens with two attached hydrogens (primary N) is 1. The molecule has 0 bridgehead atoms. The lowest BCUT2D eigenvalue weighted by Crippen LogP contribution is -2.34. The highest BCUT2D eigenvalue weighted by Crippen LogP contribution is 2.29. The van der Waals surface area contributed by atoms with E-state index in [1.54, 1.807) is 5.32 Å². The molecule has 1 rings (SSSR count). The fourth-order valence-electron chi connectivity index (χ4n) is 1.17. The second-order valence-corrected chi connectivity index (χ2v) is 5.96. The second kappa shape index (κ2) is 5.76. The van der Waals surface area contributed by atoms with Gasteiger partial charge in [0.15, 0.2) is 0 Å². The van der Waals surface area contributed by atoms with Gasteiger partial charge in [0.1, 0.15) is 6.54 Å². The predicted octanol–water partition coefficient (Wildman–Crippen LogP) is 1.93. The molecule has 11 heteroatoms. The summed E-state index contributed by atoms with van der Waals surface area (Å²) < 4.78 is 58.3. The standard InChI is InChI=1S/C9H7Cl2F3N2O3S/c10-6-2-4(20(15,18)19)1-5(7(6)11)8(17)16-3-9(12,13)14/h1-2H,3H2,(H,16,17)(H2,15,18,19). The Labute approximate surface area is 121 Å². The molecule has 1 aromatic rings. The van der Waals surface area contributed by atoms with Crippen molar-refractivity contribution in [2.45, 2.75) is 11.1 Å². The van der Waals surface area contributed by atoms with E-state index in [9.17, 15) is 26.4 Å². The van der Waals surface area contributed by atoms with Crippen molar-refractivity contribution in [2.24, 2.45) is 5.14 Å². The molecule has 0 saturated carbocycles. The number of alkyl halides is 3. The first kappa shape index (κ1) is 17.0. The molecule has 0 unspecified atom stereocenters. The molecule has 1 amide bonds. The van der Waals surface area contributed by atoms with Crippen molar-refractivity contribution in [3.8, 4) is 0 Å². The van der Waals surface area contributed by atoms with Gasteiger partial charge in [-0.15, -0.1) is 0 Å². The van der Waals surface area contributed by atoms with Crippen LogP contribution in [0.4, 0.5) is 13.2 Å². The zero-order chi connectivity index (χ0) is 15.7. The van der Waals surface area contributed by atoms with Crippen LogP contribution in [0.15, 0.2) is 17.0 Å². The SMILES string of the molecule is NS(=O)(=O)c1cc(Cl)c(Cl)c(C(=O)NCC(F)(F)F)c1. The van der Waals surface area contributed by atoms with E-state index >= 15 is 0 Å². The summed E-state index contributed by atoms with van der Waals surface area (Å²) in [4.78, 5) is 11.0. The lowest BCUT2D eigenvalue weighted by atomic mass is 10.2. The largest absolute Gasteiger partial charge is 0.405 e. The number of hydrogen-bond acceptors (Lipinski definition) is 3. The van der Waals surface area contributed by atoms with Crippen molar-refractivity contribution >= 4 is 39.1 Å². The van der Waals surface area contributed by atoms with Crippen LogP contribution in [0.25, 0.3) is 0 Å². The maximum Gasteiger partial charge on any atom is 0.405 e. The molecule has 3 N–H and O–H groups in total. The third-order valence-corrected chi connectivity index (χ3v) is 3.72. The van der Waals surface area contributed by atoms with Crippen LogP contribution in [0.1, 0.15) is 10.4 Å². The fourth-order valence-corrected chi connectivity index (χ4v) is 2.21. The van der Waals surface area contributed by atoms with Crippen LogP contribution in [-0.2, 0) is 10.0 Å². The number of sulfonamides is 1. The summed E-state index contributed by atoms with van der Waals surface area (Å²) in [6.45, 7) is -1.60. The molecular formula is C9H7Cl2F3N2O3S. The summed E-state index contributed by atoms with van der Waals surface area (Å²) in [5.41, 5.74) is -0.521. The molecule has 0 spiro atoms. The van der Waals surface area contributed by atoms with E-state index in [2.05, 4.69) is 0 Å². The topological polar surface area (TPSA) is 89.3 Å². The van der Waals surface area contributed by atoms with Crippen LogP contribution in [0.2, 0.25) is 10.0 Å². The Kier molecular flexibility index (Phi) is 4.90. The van der Waals surface area contributed by atoms with E-state index in [4.69, 9.17) is 28.3 Å². The van der Waals surface area contributed by atoms with Gasteiger partial charge in [-0.1, -0.05) is 23.2 Å². The van der Waals surface area contributed by atoms with Crippen molar-refractivity contribution in [2.75, 3.05) is 6.54 Å². The molecule has 0 aliphatic heterocycles. The molecule has 20 heavy (non-hydrogen) atoms. The first-order valence-corrected chi connectivity index (χ1v) is 7.09. The van der Waals surface area contributed by atoms with Gasteiger partial charge in [0.25, 0.3) is 5.91 Å². The first-order chi connectivity index (χ1) is 8.92. The molecule has 1 aromatic carbocycles. The Hall–Kier alpha value is -1.03. The van der Waals surface area contributed by atoms with Crippen molar-refractivity contribution in [1.82, 2.24) is 5.32 Å².